The van der Waals surface area contributed by atoms with Crippen molar-refractivity contribution in [2.75, 3.05) is 13.2 Å². The summed E-state index contributed by atoms with van der Waals surface area (Å²) in [6.45, 7) is 4.45. The molecule has 3 atom stereocenters. The third kappa shape index (κ3) is 2.96. The first-order chi connectivity index (χ1) is 8.98. The fraction of sp³-hybridized carbons (Fsp3) is 1.00. The SMILES string of the molecule is C[C@@H]1CCC[C@H](C)N1S(=O)(=O)N1CCCCC1CO. The van der Waals surface area contributed by atoms with E-state index < -0.39 is 10.2 Å². The number of hydrogen-bond acceptors (Lipinski definition) is 3. The fourth-order valence-corrected chi connectivity index (χ4v) is 5.71. The van der Waals surface area contributed by atoms with Gasteiger partial charge in [0.25, 0.3) is 10.2 Å². The Hall–Kier alpha value is -0.170. The van der Waals surface area contributed by atoms with Crippen molar-refractivity contribution in [1.29, 1.82) is 0 Å². The first-order valence-corrected chi connectivity index (χ1v) is 8.79. The van der Waals surface area contributed by atoms with Gasteiger partial charge >= 0.3 is 0 Å². The van der Waals surface area contributed by atoms with Crippen LogP contribution in [0.2, 0.25) is 0 Å². The van der Waals surface area contributed by atoms with Crippen molar-refractivity contribution in [2.24, 2.45) is 0 Å². The van der Waals surface area contributed by atoms with E-state index in [1.807, 2.05) is 13.8 Å². The molecular formula is C13H26N2O3S. The number of hydrogen-bond donors (Lipinski definition) is 1. The van der Waals surface area contributed by atoms with Crippen molar-refractivity contribution in [3.63, 3.8) is 0 Å². The highest BCUT2D eigenvalue weighted by Gasteiger charge is 2.41. The summed E-state index contributed by atoms with van der Waals surface area (Å²) in [5.41, 5.74) is 0. The van der Waals surface area contributed by atoms with E-state index in [2.05, 4.69) is 0 Å². The second-order valence-electron chi connectivity index (χ2n) is 5.91. The molecule has 0 aromatic carbocycles. The Morgan fingerprint density at radius 3 is 2.26 bits per heavy atom. The molecule has 1 N–H and O–H groups in total. The molecule has 2 aliphatic rings. The third-order valence-electron chi connectivity index (χ3n) is 4.46. The van der Waals surface area contributed by atoms with Crippen LogP contribution in [0.15, 0.2) is 0 Å². The Labute approximate surface area is 116 Å². The average molecular weight is 290 g/mol. The Balaban J connectivity index is 2.24. The molecule has 0 bridgehead atoms. The van der Waals surface area contributed by atoms with E-state index in [0.717, 1.165) is 38.5 Å². The Morgan fingerprint density at radius 2 is 1.68 bits per heavy atom. The number of nitrogens with zero attached hydrogens (tertiary/aromatic N) is 2. The molecule has 112 valence electrons. The lowest BCUT2D eigenvalue weighted by molar-refractivity contribution is 0.130. The van der Waals surface area contributed by atoms with Crippen molar-refractivity contribution >= 4 is 10.2 Å². The monoisotopic (exact) mass is 290 g/mol. The molecule has 0 aromatic rings. The normalized spacial score (nSPS) is 35.4. The molecule has 5 nitrogen and oxygen atoms in total. The van der Waals surface area contributed by atoms with Crippen LogP contribution in [0.1, 0.15) is 52.4 Å². The van der Waals surface area contributed by atoms with Crippen molar-refractivity contribution in [2.45, 2.75) is 70.5 Å². The second kappa shape index (κ2) is 6.08. The fourth-order valence-electron chi connectivity index (χ4n) is 3.43. The Morgan fingerprint density at radius 1 is 1.05 bits per heavy atom. The zero-order valence-electron chi connectivity index (χ0n) is 12.0. The molecule has 2 saturated heterocycles. The van der Waals surface area contributed by atoms with Gasteiger partial charge in [0.15, 0.2) is 0 Å². The zero-order valence-corrected chi connectivity index (χ0v) is 12.8. The molecule has 2 heterocycles. The number of aliphatic hydroxyl groups excluding tert-OH is 1. The summed E-state index contributed by atoms with van der Waals surface area (Å²) >= 11 is 0. The van der Waals surface area contributed by atoms with Crippen LogP contribution in [-0.2, 0) is 10.2 Å². The molecular weight excluding hydrogens is 264 g/mol. The predicted molar refractivity (Wildman–Crippen MR) is 75.0 cm³/mol. The molecule has 2 aliphatic heterocycles. The van der Waals surface area contributed by atoms with E-state index in [9.17, 15) is 13.5 Å². The lowest BCUT2D eigenvalue weighted by atomic mass is 10.0. The lowest BCUT2D eigenvalue weighted by Crippen LogP contribution is -2.57. The number of piperidine rings is 2. The van der Waals surface area contributed by atoms with E-state index in [1.165, 1.54) is 4.31 Å². The second-order valence-corrected chi connectivity index (χ2v) is 7.70. The van der Waals surface area contributed by atoms with Gasteiger partial charge < -0.3 is 5.11 Å². The smallest absolute Gasteiger partial charge is 0.282 e. The number of aliphatic hydroxyl groups is 1. The van der Waals surface area contributed by atoms with E-state index in [0.29, 0.717) is 6.54 Å². The first-order valence-electron chi connectivity index (χ1n) is 7.39. The third-order valence-corrected chi connectivity index (χ3v) is 6.79. The van der Waals surface area contributed by atoms with Gasteiger partial charge in [0.1, 0.15) is 0 Å². The standard InChI is InChI=1S/C13H26N2O3S/c1-11-6-5-7-12(2)15(11)19(17,18)14-9-4-3-8-13(14)10-16/h11-13,16H,3-10H2,1-2H3/t11-,12+,13?. The van der Waals surface area contributed by atoms with Gasteiger partial charge in [0.05, 0.1) is 6.61 Å². The van der Waals surface area contributed by atoms with Gasteiger partial charge in [-0.2, -0.15) is 17.0 Å². The summed E-state index contributed by atoms with van der Waals surface area (Å²) in [4.78, 5) is 0. The molecule has 0 aromatic heterocycles. The maximum absolute atomic E-state index is 12.9. The quantitative estimate of drug-likeness (QED) is 0.853. The van der Waals surface area contributed by atoms with Crippen LogP contribution >= 0.6 is 0 Å². The zero-order chi connectivity index (χ0) is 14.0. The van der Waals surface area contributed by atoms with Crippen LogP contribution in [0.3, 0.4) is 0 Å². The molecule has 2 fully saturated rings. The van der Waals surface area contributed by atoms with Crippen LogP contribution in [0.25, 0.3) is 0 Å². The molecule has 2 rings (SSSR count). The summed E-state index contributed by atoms with van der Waals surface area (Å²) in [7, 11) is -3.44. The predicted octanol–water partition coefficient (Wildman–Crippen LogP) is 1.34. The van der Waals surface area contributed by atoms with Crippen molar-refractivity contribution in [3.05, 3.63) is 0 Å². The highest BCUT2D eigenvalue weighted by molar-refractivity contribution is 7.86. The topological polar surface area (TPSA) is 60.9 Å². The Kier molecular flexibility index (Phi) is 4.87. The number of rotatable bonds is 3. The highest BCUT2D eigenvalue weighted by Crippen LogP contribution is 2.30. The van der Waals surface area contributed by atoms with E-state index in [4.69, 9.17) is 0 Å². The van der Waals surface area contributed by atoms with Gasteiger partial charge in [-0.3, -0.25) is 0 Å². The molecule has 1 unspecified atom stereocenters. The lowest BCUT2D eigenvalue weighted by Gasteiger charge is -2.43. The maximum atomic E-state index is 12.9. The maximum Gasteiger partial charge on any atom is 0.282 e. The van der Waals surface area contributed by atoms with Crippen LogP contribution in [0.5, 0.6) is 0 Å². The van der Waals surface area contributed by atoms with Gasteiger partial charge in [-0.05, 0) is 39.5 Å². The van der Waals surface area contributed by atoms with Crippen LogP contribution in [-0.4, -0.2) is 53.4 Å². The van der Waals surface area contributed by atoms with Crippen LogP contribution in [0, 0.1) is 0 Å². The minimum atomic E-state index is -3.44. The van der Waals surface area contributed by atoms with Crippen LogP contribution < -0.4 is 0 Å². The Bertz CT molecular complexity index is 389. The summed E-state index contributed by atoms with van der Waals surface area (Å²) < 4.78 is 29.0. The van der Waals surface area contributed by atoms with Gasteiger partial charge in [0, 0.05) is 24.7 Å². The summed E-state index contributed by atoms with van der Waals surface area (Å²) in [5, 5.41) is 9.43. The minimum Gasteiger partial charge on any atom is -0.395 e. The summed E-state index contributed by atoms with van der Waals surface area (Å²) in [6, 6.07) is -0.106. The molecule has 19 heavy (non-hydrogen) atoms. The van der Waals surface area contributed by atoms with E-state index in [-0.39, 0.29) is 24.7 Å². The van der Waals surface area contributed by atoms with E-state index in [1.54, 1.807) is 4.31 Å². The van der Waals surface area contributed by atoms with Crippen molar-refractivity contribution in [3.8, 4) is 0 Å². The molecule has 6 heteroatoms. The van der Waals surface area contributed by atoms with Gasteiger partial charge in [-0.15, -0.1) is 0 Å². The largest absolute Gasteiger partial charge is 0.395 e. The minimum absolute atomic E-state index is 0.0648. The molecule has 0 amide bonds. The first kappa shape index (κ1) is 15.2. The highest BCUT2D eigenvalue weighted by atomic mass is 32.2. The molecule has 0 saturated carbocycles. The summed E-state index contributed by atoms with van der Waals surface area (Å²) in [6.07, 6.45) is 5.63. The van der Waals surface area contributed by atoms with Crippen LogP contribution in [0.4, 0.5) is 0 Å². The van der Waals surface area contributed by atoms with Crippen molar-refractivity contribution < 1.29 is 13.5 Å². The van der Waals surface area contributed by atoms with Gasteiger partial charge in [-0.1, -0.05) is 12.8 Å². The molecule has 0 spiro atoms. The van der Waals surface area contributed by atoms with E-state index >= 15 is 0 Å². The van der Waals surface area contributed by atoms with Gasteiger partial charge in [-0.25, -0.2) is 0 Å². The van der Waals surface area contributed by atoms with Crippen molar-refractivity contribution in [1.82, 2.24) is 8.61 Å². The van der Waals surface area contributed by atoms with Gasteiger partial charge in [0.2, 0.25) is 0 Å². The average Bonchev–Trinajstić information content (AvgIpc) is 2.38. The summed E-state index contributed by atoms with van der Waals surface area (Å²) in [5.74, 6) is 0. The molecule has 0 aliphatic carbocycles. The molecule has 0 radical (unpaired) electrons.